The summed E-state index contributed by atoms with van der Waals surface area (Å²) >= 11 is 2.62. The third-order valence-electron chi connectivity index (χ3n) is 3.79. The minimum absolute atomic E-state index is 0.564. The van der Waals surface area contributed by atoms with E-state index in [1.165, 1.54) is 64.2 Å². The van der Waals surface area contributed by atoms with Crippen LogP contribution < -0.4 is 0 Å². The van der Waals surface area contributed by atoms with Crippen LogP contribution in [0.15, 0.2) is 0 Å². The molecular weight excluding hydrogens is 299 g/mol. The third kappa shape index (κ3) is 3.88. The van der Waals surface area contributed by atoms with E-state index in [-0.39, 0.29) is 0 Å². The van der Waals surface area contributed by atoms with Gasteiger partial charge in [0.15, 0.2) is 0 Å². The average Bonchev–Trinajstić information content (AvgIpc) is 2.70. The van der Waals surface area contributed by atoms with Crippen molar-refractivity contribution in [2.75, 3.05) is 0 Å². The van der Waals surface area contributed by atoms with Gasteiger partial charge in [0, 0.05) is 3.92 Å². The second kappa shape index (κ2) is 6.43. The van der Waals surface area contributed by atoms with Crippen LogP contribution >= 0.6 is 22.6 Å². The summed E-state index contributed by atoms with van der Waals surface area (Å²) in [5.41, 5.74) is 0. The van der Waals surface area contributed by atoms with Gasteiger partial charge in [-0.05, 0) is 25.7 Å². The first-order valence-electron chi connectivity index (χ1n) is 6.66. The number of ether oxygens (including phenoxy) is 1. The molecule has 2 heteroatoms. The van der Waals surface area contributed by atoms with Crippen LogP contribution in [0, 0.1) is 0 Å². The predicted octanol–water partition coefficient (Wildman–Crippen LogP) is 4.47. The highest BCUT2D eigenvalue weighted by Crippen LogP contribution is 2.30. The van der Waals surface area contributed by atoms with E-state index in [4.69, 9.17) is 4.74 Å². The van der Waals surface area contributed by atoms with E-state index in [0.29, 0.717) is 12.2 Å². The molecule has 0 saturated heterocycles. The zero-order valence-corrected chi connectivity index (χ0v) is 11.7. The summed E-state index contributed by atoms with van der Waals surface area (Å²) in [6.45, 7) is 0. The Morgan fingerprint density at radius 3 is 2.07 bits per heavy atom. The number of hydrogen-bond acceptors (Lipinski definition) is 1. The quantitative estimate of drug-likeness (QED) is 0.538. The minimum Gasteiger partial charge on any atom is -0.374 e. The first-order valence-corrected chi connectivity index (χ1v) is 7.90. The van der Waals surface area contributed by atoms with Crippen molar-refractivity contribution in [2.45, 2.75) is 80.3 Å². The van der Waals surface area contributed by atoms with Crippen LogP contribution in [0.1, 0.15) is 64.2 Å². The largest absolute Gasteiger partial charge is 0.374 e. The number of alkyl halides is 1. The molecule has 15 heavy (non-hydrogen) atoms. The molecule has 0 aliphatic heterocycles. The summed E-state index contributed by atoms with van der Waals surface area (Å²) < 4.78 is 7.06. The molecule has 1 nitrogen and oxygen atoms in total. The Morgan fingerprint density at radius 2 is 1.33 bits per heavy atom. The van der Waals surface area contributed by atoms with Gasteiger partial charge in [-0.1, -0.05) is 61.1 Å². The Labute approximate surface area is 107 Å². The van der Waals surface area contributed by atoms with Crippen LogP contribution in [0.4, 0.5) is 0 Å². The van der Waals surface area contributed by atoms with Gasteiger partial charge in [-0.3, -0.25) is 0 Å². The van der Waals surface area contributed by atoms with Gasteiger partial charge >= 0.3 is 0 Å². The lowest BCUT2D eigenvalue weighted by Crippen LogP contribution is -2.29. The van der Waals surface area contributed by atoms with E-state index in [9.17, 15) is 0 Å². The molecule has 0 aromatic rings. The summed E-state index contributed by atoms with van der Waals surface area (Å²) in [6, 6.07) is 0. The maximum Gasteiger partial charge on any atom is 0.0696 e. The highest BCUT2D eigenvalue weighted by atomic mass is 127. The van der Waals surface area contributed by atoms with E-state index < -0.39 is 0 Å². The molecule has 0 spiro atoms. The fraction of sp³-hybridized carbons (Fsp3) is 1.00. The first kappa shape index (κ1) is 12.2. The van der Waals surface area contributed by atoms with Gasteiger partial charge in [0.2, 0.25) is 0 Å². The summed E-state index contributed by atoms with van der Waals surface area (Å²) in [6.07, 6.45) is 14.9. The van der Waals surface area contributed by atoms with Crippen LogP contribution in [-0.2, 0) is 4.74 Å². The number of hydrogen-bond donors (Lipinski definition) is 0. The van der Waals surface area contributed by atoms with Gasteiger partial charge < -0.3 is 4.74 Å². The van der Waals surface area contributed by atoms with Gasteiger partial charge in [-0.25, -0.2) is 0 Å². The SMILES string of the molecule is IC1CCCCCCC1OC1CCCC1. The van der Waals surface area contributed by atoms with Crippen LogP contribution in [0.2, 0.25) is 0 Å². The highest BCUT2D eigenvalue weighted by molar-refractivity contribution is 14.1. The molecule has 0 aromatic carbocycles. The first-order chi connectivity index (χ1) is 7.36. The van der Waals surface area contributed by atoms with Crippen molar-refractivity contribution < 1.29 is 4.74 Å². The molecule has 2 aliphatic carbocycles. The van der Waals surface area contributed by atoms with Gasteiger partial charge in [0.05, 0.1) is 12.2 Å². The summed E-state index contributed by atoms with van der Waals surface area (Å²) in [4.78, 5) is 0. The molecule has 2 rings (SSSR count). The molecule has 2 atom stereocenters. The second-order valence-electron chi connectivity index (χ2n) is 5.09. The highest BCUT2D eigenvalue weighted by Gasteiger charge is 2.25. The zero-order chi connectivity index (χ0) is 10.5. The minimum atomic E-state index is 0.564. The van der Waals surface area contributed by atoms with E-state index in [2.05, 4.69) is 22.6 Å². The van der Waals surface area contributed by atoms with Gasteiger partial charge in [-0.2, -0.15) is 0 Å². The Hall–Kier alpha value is 0.690. The van der Waals surface area contributed by atoms with Crippen molar-refractivity contribution in [1.82, 2.24) is 0 Å². The Morgan fingerprint density at radius 1 is 0.733 bits per heavy atom. The van der Waals surface area contributed by atoms with Crippen molar-refractivity contribution in [3.63, 3.8) is 0 Å². The lowest BCUT2D eigenvalue weighted by atomic mass is 9.98. The van der Waals surface area contributed by atoms with E-state index in [1.54, 1.807) is 0 Å². The Bertz CT molecular complexity index is 177. The molecule has 2 saturated carbocycles. The lowest BCUT2D eigenvalue weighted by Gasteiger charge is -2.28. The molecule has 0 radical (unpaired) electrons. The predicted molar refractivity (Wildman–Crippen MR) is 72.6 cm³/mol. The molecule has 0 amide bonds. The van der Waals surface area contributed by atoms with E-state index in [0.717, 1.165) is 3.92 Å². The van der Waals surface area contributed by atoms with Crippen molar-refractivity contribution in [3.8, 4) is 0 Å². The summed E-state index contributed by atoms with van der Waals surface area (Å²) in [7, 11) is 0. The molecule has 2 fully saturated rings. The van der Waals surface area contributed by atoms with E-state index in [1.807, 2.05) is 0 Å². The molecular formula is C13H23IO. The Kier molecular flexibility index (Phi) is 5.21. The maximum absolute atomic E-state index is 6.29. The van der Waals surface area contributed by atoms with Crippen molar-refractivity contribution >= 4 is 22.6 Å². The van der Waals surface area contributed by atoms with Gasteiger partial charge in [0.1, 0.15) is 0 Å². The normalized spacial score (nSPS) is 35.0. The molecule has 88 valence electrons. The van der Waals surface area contributed by atoms with Crippen LogP contribution in [-0.4, -0.2) is 16.1 Å². The van der Waals surface area contributed by atoms with Crippen molar-refractivity contribution in [1.29, 1.82) is 0 Å². The lowest BCUT2D eigenvalue weighted by molar-refractivity contribution is -0.0145. The van der Waals surface area contributed by atoms with Crippen LogP contribution in [0.25, 0.3) is 0 Å². The van der Waals surface area contributed by atoms with Gasteiger partial charge in [-0.15, -0.1) is 0 Å². The molecule has 0 N–H and O–H groups in total. The molecule has 2 unspecified atom stereocenters. The molecule has 0 heterocycles. The van der Waals surface area contributed by atoms with E-state index >= 15 is 0 Å². The number of rotatable bonds is 2. The van der Waals surface area contributed by atoms with Crippen molar-refractivity contribution in [2.24, 2.45) is 0 Å². The smallest absolute Gasteiger partial charge is 0.0696 e. The maximum atomic E-state index is 6.29. The monoisotopic (exact) mass is 322 g/mol. The molecule has 0 bridgehead atoms. The van der Waals surface area contributed by atoms with Crippen LogP contribution in [0.3, 0.4) is 0 Å². The van der Waals surface area contributed by atoms with Crippen LogP contribution in [0.5, 0.6) is 0 Å². The Balaban J connectivity index is 1.80. The average molecular weight is 322 g/mol. The standard InChI is InChI=1S/C13H23IO/c14-12-9-3-1-2-4-10-13(12)15-11-7-5-6-8-11/h11-13H,1-10H2. The second-order valence-corrected chi connectivity index (χ2v) is 6.69. The molecule has 0 aromatic heterocycles. The van der Waals surface area contributed by atoms with Crippen molar-refractivity contribution in [3.05, 3.63) is 0 Å². The fourth-order valence-electron chi connectivity index (χ4n) is 2.83. The van der Waals surface area contributed by atoms with Gasteiger partial charge in [0.25, 0.3) is 0 Å². The topological polar surface area (TPSA) is 9.23 Å². The third-order valence-corrected chi connectivity index (χ3v) is 5.22. The zero-order valence-electron chi connectivity index (χ0n) is 9.59. The molecule has 2 aliphatic rings. The number of halogens is 1. The summed E-state index contributed by atoms with van der Waals surface area (Å²) in [5.74, 6) is 0. The summed E-state index contributed by atoms with van der Waals surface area (Å²) in [5, 5.41) is 0. The fourth-order valence-corrected chi connectivity index (χ4v) is 3.80.